The van der Waals surface area contributed by atoms with Crippen molar-refractivity contribution in [2.24, 2.45) is 0 Å². The van der Waals surface area contributed by atoms with Crippen LogP contribution in [-0.4, -0.2) is 23.0 Å². The molecular weight excluding hydrogens is 270 g/mol. The van der Waals surface area contributed by atoms with E-state index in [4.69, 9.17) is 4.74 Å². The Labute approximate surface area is 125 Å². The minimum atomic E-state index is -0.398. The lowest BCUT2D eigenvalue weighted by atomic mass is 10.1. The van der Waals surface area contributed by atoms with Crippen molar-refractivity contribution in [2.45, 2.75) is 26.4 Å². The fourth-order valence-electron chi connectivity index (χ4n) is 1.26. The number of nitro groups is 1. The van der Waals surface area contributed by atoms with Gasteiger partial charge in [-0.2, -0.15) is 0 Å². The Balaban J connectivity index is 0.000000400. The average molecular weight is 291 g/mol. The molecule has 0 aromatic heterocycles. The fraction of sp³-hybridized carbons (Fsp3) is 0.312. The van der Waals surface area contributed by atoms with Crippen LogP contribution in [0.2, 0.25) is 0 Å². The van der Waals surface area contributed by atoms with Crippen molar-refractivity contribution < 1.29 is 14.5 Å². The quantitative estimate of drug-likeness (QED) is 0.368. The molecule has 0 aliphatic rings. The number of hydrogen-bond donors (Lipinski definition) is 0. The highest BCUT2D eigenvalue weighted by Crippen LogP contribution is 2.10. The highest BCUT2D eigenvalue weighted by atomic mass is 16.6. The average Bonchev–Trinajstić information content (AvgIpc) is 2.37. The van der Waals surface area contributed by atoms with Crippen LogP contribution in [0.3, 0.4) is 0 Å². The van der Waals surface area contributed by atoms with Crippen LogP contribution in [-0.2, 0) is 9.53 Å². The van der Waals surface area contributed by atoms with Crippen LogP contribution < -0.4 is 0 Å². The monoisotopic (exact) mass is 291 g/mol. The van der Waals surface area contributed by atoms with Crippen molar-refractivity contribution in [2.75, 3.05) is 6.54 Å². The van der Waals surface area contributed by atoms with Gasteiger partial charge in [-0.3, -0.25) is 10.1 Å². The minimum Gasteiger partial charge on any atom is -0.457 e. The van der Waals surface area contributed by atoms with E-state index in [1.807, 2.05) is 51.1 Å². The van der Waals surface area contributed by atoms with Crippen LogP contribution in [0.15, 0.2) is 49.6 Å². The first-order valence-electron chi connectivity index (χ1n) is 6.36. The summed E-state index contributed by atoms with van der Waals surface area (Å²) in [6, 6.07) is 9.15. The van der Waals surface area contributed by atoms with E-state index in [0.717, 1.165) is 11.6 Å². The number of carbonyl (C=O) groups is 1. The Morgan fingerprint density at radius 3 is 2.19 bits per heavy atom. The van der Waals surface area contributed by atoms with Gasteiger partial charge in [-0.15, -0.1) is 0 Å². The maximum atomic E-state index is 10.5. The molecular formula is C16H21NO4. The summed E-state index contributed by atoms with van der Waals surface area (Å²) in [6.45, 7) is 12.1. The van der Waals surface area contributed by atoms with E-state index in [9.17, 15) is 14.9 Å². The Morgan fingerprint density at radius 1 is 1.33 bits per heavy atom. The molecule has 0 aliphatic heterocycles. The number of benzene rings is 1. The number of ether oxygens (including phenoxy) is 1. The molecule has 0 spiro atoms. The maximum Gasteiger partial charge on any atom is 0.330 e. The van der Waals surface area contributed by atoms with Gasteiger partial charge in [0.05, 0.1) is 0 Å². The fourth-order valence-corrected chi connectivity index (χ4v) is 1.26. The molecule has 0 fully saturated rings. The second-order valence-corrected chi connectivity index (χ2v) is 5.20. The molecule has 0 N–H and O–H groups in total. The standard InChI is InChI=1S/C9H9NO2.C7H12O2/c1-8(7-10(11)12)9-5-3-2-4-6-9;1-5-6(8)9-7(2,3)4/h2-6H,1,7H2;5H,1H2,2-4H3. The molecule has 1 rings (SSSR count). The van der Waals surface area contributed by atoms with Gasteiger partial charge >= 0.3 is 5.97 Å². The Hall–Kier alpha value is -2.43. The summed E-state index contributed by atoms with van der Waals surface area (Å²) in [5.74, 6) is -0.373. The van der Waals surface area contributed by atoms with Crippen molar-refractivity contribution in [3.8, 4) is 0 Å². The maximum absolute atomic E-state index is 10.5. The summed E-state index contributed by atoms with van der Waals surface area (Å²) < 4.78 is 4.83. The Bertz CT molecular complexity index is 501. The molecule has 21 heavy (non-hydrogen) atoms. The highest BCUT2D eigenvalue weighted by Gasteiger charge is 2.12. The highest BCUT2D eigenvalue weighted by molar-refractivity contribution is 5.81. The summed E-state index contributed by atoms with van der Waals surface area (Å²) in [5, 5.41) is 10.1. The zero-order valence-electron chi connectivity index (χ0n) is 12.7. The van der Waals surface area contributed by atoms with Crippen LogP contribution >= 0.6 is 0 Å². The smallest absolute Gasteiger partial charge is 0.330 e. The first kappa shape index (κ1) is 18.6. The largest absolute Gasteiger partial charge is 0.457 e. The summed E-state index contributed by atoms with van der Waals surface area (Å²) in [6.07, 6.45) is 1.16. The molecule has 1 aromatic rings. The lowest BCUT2D eigenvalue weighted by molar-refractivity contribution is -0.465. The van der Waals surface area contributed by atoms with E-state index in [2.05, 4.69) is 13.2 Å². The normalized spacial score (nSPS) is 9.86. The SMILES string of the molecule is C=C(C[N+](=O)[O-])c1ccccc1.C=CC(=O)OC(C)(C)C. The zero-order valence-corrected chi connectivity index (χ0v) is 12.7. The molecule has 5 nitrogen and oxygen atoms in total. The van der Waals surface area contributed by atoms with Gasteiger partial charge in [0.1, 0.15) is 5.60 Å². The molecule has 0 saturated heterocycles. The van der Waals surface area contributed by atoms with Gasteiger partial charge in [-0.1, -0.05) is 43.5 Å². The molecule has 0 aliphatic carbocycles. The minimum absolute atomic E-state index is 0.190. The van der Waals surface area contributed by atoms with Gasteiger partial charge < -0.3 is 4.74 Å². The number of hydrogen-bond acceptors (Lipinski definition) is 4. The lowest BCUT2D eigenvalue weighted by Crippen LogP contribution is -2.22. The van der Waals surface area contributed by atoms with E-state index in [0.29, 0.717) is 5.57 Å². The van der Waals surface area contributed by atoms with Crippen LogP contribution in [0, 0.1) is 10.1 Å². The van der Waals surface area contributed by atoms with Gasteiger partial charge in [-0.25, -0.2) is 4.79 Å². The zero-order chi connectivity index (χ0) is 16.5. The van der Waals surface area contributed by atoms with Crippen molar-refractivity contribution in [3.63, 3.8) is 0 Å². The van der Waals surface area contributed by atoms with Crippen LogP contribution in [0.4, 0.5) is 0 Å². The van der Waals surface area contributed by atoms with E-state index in [1.54, 1.807) is 0 Å². The molecule has 0 atom stereocenters. The molecule has 0 radical (unpaired) electrons. The summed E-state index contributed by atoms with van der Waals surface area (Å²) in [7, 11) is 0. The van der Waals surface area contributed by atoms with E-state index < -0.39 is 5.60 Å². The molecule has 0 heterocycles. The molecule has 1 aromatic carbocycles. The van der Waals surface area contributed by atoms with Crippen LogP contribution in [0.25, 0.3) is 5.57 Å². The Kier molecular flexibility index (Phi) is 7.68. The van der Waals surface area contributed by atoms with E-state index in [-0.39, 0.29) is 17.4 Å². The number of carbonyl (C=O) groups excluding carboxylic acids is 1. The molecule has 0 amide bonds. The molecule has 5 heteroatoms. The third-order valence-electron chi connectivity index (χ3n) is 2.08. The molecule has 0 unspecified atom stereocenters. The van der Waals surface area contributed by atoms with Crippen LogP contribution in [0.1, 0.15) is 26.3 Å². The predicted molar refractivity (Wildman–Crippen MR) is 83.4 cm³/mol. The first-order valence-corrected chi connectivity index (χ1v) is 6.36. The third-order valence-corrected chi connectivity index (χ3v) is 2.08. The molecule has 114 valence electrons. The second kappa shape index (κ2) is 8.68. The van der Waals surface area contributed by atoms with Gasteiger partial charge in [0.15, 0.2) is 0 Å². The second-order valence-electron chi connectivity index (χ2n) is 5.20. The Morgan fingerprint density at radius 2 is 1.86 bits per heavy atom. The summed E-state index contributed by atoms with van der Waals surface area (Å²) in [5.41, 5.74) is 0.973. The van der Waals surface area contributed by atoms with Gasteiger partial charge in [0, 0.05) is 16.6 Å². The van der Waals surface area contributed by atoms with Crippen molar-refractivity contribution >= 4 is 11.5 Å². The topological polar surface area (TPSA) is 69.4 Å². The number of rotatable bonds is 4. The predicted octanol–water partition coefficient (Wildman–Crippen LogP) is 3.49. The molecule has 0 saturated carbocycles. The first-order chi connectivity index (χ1) is 9.65. The third kappa shape index (κ3) is 10.1. The van der Waals surface area contributed by atoms with Crippen molar-refractivity contribution in [1.82, 2.24) is 0 Å². The van der Waals surface area contributed by atoms with Crippen LogP contribution in [0.5, 0.6) is 0 Å². The van der Waals surface area contributed by atoms with Crippen molar-refractivity contribution in [3.05, 3.63) is 65.2 Å². The van der Waals surface area contributed by atoms with Gasteiger partial charge in [-0.05, 0) is 26.3 Å². The lowest BCUT2D eigenvalue weighted by Gasteiger charge is -2.17. The van der Waals surface area contributed by atoms with Crippen molar-refractivity contribution in [1.29, 1.82) is 0 Å². The molecule has 0 bridgehead atoms. The van der Waals surface area contributed by atoms with E-state index in [1.165, 1.54) is 0 Å². The number of nitrogens with zero attached hydrogens (tertiary/aromatic N) is 1. The summed E-state index contributed by atoms with van der Waals surface area (Å²) >= 11 is 0. The van der Waals surface area contributed by atoms with Gasteiger partial charge in [0.2, 0.25) is 6.54 Å². The van der Waals surface area contributed by atoms with Gasteiger partial charge in [0.25, 0.3) is 0 Å². The van der Waals surface area contributed by atoms with E-state index >= 15 is 0 Å². The summed E-state index contributed by atoms with van der Waals surface area (Å²) in [4.78, 5) is 20.2. The number of esters is 1.